The van der Waals surface area contributed by atoms with Gasteiger partial charge in [-0.1, -0.05) is 79.1 Å². The topological polar surface area (TPSA) is 117 Å². The van der Waals surface area contributed by atoms with E-state index in [1.54, 1.807) is 27.7 Å². The molecule has 0 radical (unpaired) electrons. The summed E-state index contributed by atoms with van der Waals surface area (Å²) in [7, 11) is -8.27. The van der Waals surface area contributed by atoms with E-state index in [2.05, 4.69) is 27.7 Å². The van der Waals surface area contributed by atoms with Gasteiger partial charge >= 0.3 is 19.5 Å². The quantitative estimate of drug-likeness (QED) is 0.106. The third-order valence-corrected chi connectivity index (χ3v) is 7.57. The van der Waals surface area contributed by atoms with Crippen molar-refractivity contribution in [1.82, 2.24) is 0 Å². The van der Waals surface area contributed by atoms with Crippen LogP contribution in [0.15, 0.2) is 0 Å². The monoisotopic (exact) mass is 594 g/mol. The molecule has 0 aromatic carbocycles. The summed E-state index contributed by atoms with van der Waals surface area (Å²) in [4.78, 5) is 23.1. The van der Waals surface area contributed by atoms with Crippen LogP contribution in [-0.2, 0) is 46.7 Å². The Hall–Kier alpha value is 0.843. The summed E-state index contributed by atoms with van der Waals surface area (Å²) < 4.78 is 43.0. The standard InChI is InChI=1S/2C12H27O4P.Zn/c2*1-5-7-9-11(3)15-17(13,14)16-12(4)10-8-6-2;/h2*11-12H,5-10H2,1-4H3,(H,13,14);/q;;+2/p-2. The SMILES string of the molecule is CCCCC(C)OP(=O)([O-])OC(C)CCCC.CCCCC(C)OP(=O)([O-])OC(C)CCCC.[Zn+2]. The zero-order valence-corrected chi connectivity index (χ0v) is 28.4. The Bertz CT molecular complexity index is 480. The Balaban J connectivity index is -0.000000569. The van der Waals surface area contributed by atoms with Crippen molar-refractivity contribution in [1.29, 1.82) is 0 Å². The van der Waals surface area contributed by atoms with Crippen molar-refractivity contribution >= 4 is 15.6 Å². The Morgan fingerprint density at radius 2 is 0.686 bits per heavy atom. The Labute approximate surface area is 228 Å². The minimum Gasteiger partial charge on any atom is -0.756 e. The second-order valence-corrected chi connectivity index (χ2v) is 11.8. The Morgan fingerprint density at radius 3 is 0.829 bits per heavy atom. The first-order valence-corrected chi connectivity index (χ1v) is 16.1. The number of unbranched alkanes of at least 4 members (excludes halogenated alkanes) is 4. The zero-order chi connectivity index (χ0) is 26.6. The average Bonchev–Trinajstić information content (AvgIpc) is 2.72. The maximum atomic E-state index is 11.6. The predicted octanol–water partition coefficient (Wildman–Crippen LogP) is 7.29. The minimum atomic E-state index is -4.14. The molecule has 0 aliphatic carbocycles. The first-order valence-electron chi connectivity index (χ1n) is 13.2. The van der Waals surface area contributed by atoms with E-state index in [1.165, 1.54) is 0 Å². The van der Waals surface area contributed by atoms with Gasteiger partial charge in [0.15, 0.2) is 0 Å². The second kappa shape index (κ2) is 23.9. The minimum absolute atomic E-state index is 0. The third kappa shape index (κ3) is 27.7. The molecule has 0 fully saturated rings. The number of hydrogen-bond donors (Lipinski definition) is 0. The molecule has 35 heavy (non-hydrogen) atoms. The van der Waals surface area contributed by atoms with Gasteiger partial charge in [-0.15, -0.1) is 0 Å². The van der Waals surface area contributed by atoms with Crippen molar-refractivity contribution < 1.29 is 56.5 Å². The molecule has 0 aromatic rings. The van der Waals surface area contributed by atoms with E-state index in [1.807, 2.05) is 0 Å². The van der Waals surface area contributed by atoms with E-state index in [-0.39, 0.29) is 43.9 Å². The van der Waals surface area contributed by atoms with Gasteiger partial charge in [0.2, 0.25) is 0 Å². The average molecular weight is 596 g/mol. The molecule has 0 aromatic heterocycles. The van der Waals surface area contributed by atoms with Crippen LogP contribution in [0.1, 0.15) is 132 Å². The fourth-order valence-corrected chi connectivity index (χ4v) is 5.39. The summed E-state index contributed by atoms with van der Waals surface area (Å²) in [5.41, 5.74) is 0. The van der Waals surface area contributed by atoms with Crippen LogP contribution in [0.25, 0.3) is 0 Å². The van der Waals surface area contributed by atoms with Crippen LogP contribution >= 0.6 is 15.6 Å². The van der Waals surface area contributed by atoms with E-state index in [0.29, 0.717) is 0 Å². The molecule has 0 amide bonds. The van der Waals surface area contributed by atoms with Crippen molar-refractivity contribution in [3.63, 3.8) is 0 Å². The van der Waals surface area contributed by atoms with E-state index in [9.17, 15) is 18.9 Å². The molecule has 0 bridgehead atoms. The molecular weight excluding hydrogens is 544 g/mol. The molecule has 208 valence electrons. The van der Waals surface area contributed by atoms with Crippen LogP contribution in [0, 0.1) is 0 Å². The molecule has 8 nitrogen and oxygen atoms in total. The van der Waals surface area contributed by atoms with Crippen molar-refractivity contribution in [3.05, 3.63) is 0 Å². The van der Waals surface area contributed by atoms with Gasteiger partial charge in [-0.05, 0) is 53.4 Å². The second-order valence-electron chi connectivity index (χ2n) is 9.13. The summed E-state index contributed by atoms with van der Waals surface area (Å²) in [5, 5.41) is 0. The summed E-state index contributed by atoms with van der Waals surface area (Å²) in [6.45, 7) is 15.3. The van der Waals surface area contributed by atoms with Crippen LogP contribution in [-0.4, -0.2) is 24.4 Å². The van der Waals surface area contributed by atoms with Crippen LogP contribution in [0.4, 0.5) is 0 Å². The van der Waals surface area contributed by atoms with Crippen molar-refractivity contribution in [2.24, 2.45) is 0 Å². The molecule has 0 N–H and O–H groups in total. The number of rotatable bonds is 20. The molecular formula is C24H52O8P2Zn. The van der Waals surface area contributed by atoms with Gasteiger partial charge in [-0.25, -0.2) is 0 Å². The third-order valence-electron chi connectivity index (χ3n) is 5.09. The van der Waals surface area contributed by atoms with Crippen molar-refractivity contribution in [2.75, 3.05) is 0 Å². The van der Waals surface area contributed by atoms with Crippen LogP contribution in [0.3, 0.4) is 0 Å². The maximum Gasteiger partial charge on any atom is 2.00 e. The van der Waals surface area contributed by atoms with Crippen LogP contribution in [0.2, 0.25) is 0 Å². The normalized spacial score (nSPS) is 18.1. The van der Waals surface area contributed by atoms with Crippen molar-refractivity contribution in [2.45, 2.75) is 157 Å². The molecule has 0 saturated heterocycles. The molecule has 0 aliphatic heterocycles. The van der Waals surface area contributed by atoms with Crippen LogP contribution in [0.5, 0.6) is 0 Å². The summed E-state index contributed by atoms with van der Waals surface area (Å²) in [6.07, 6.45) is 9.79. The van der Waals surface area contributed by atoms with E-state index in [4.69, 9.17) is 18.1 Å². The molecule has 0 spiro atoms. The van der Waals surface area contributed by atoms with Gasteiger partial charge in [0.25, 0.3) is 15.6 Å². The fraction of sp³-hybridized carbons (Fsp3) is 1.00. The first kappa shape index (κ1) is 40.3. The molecule has 11 heteroatoms. The molecule has 0 rings (SSSR count). The molecule has 4 unspecified atom stereocenters. The summed E-state index contributed by atoms with van der Waals surface area (Å²) in [5.74, 6) is 0. The molecule has 0 heterocycles. The molecule has 0 saturated carbocycles. The van der Waals surface area contributed by atoms with E-state index < -0.39 is 15.6 Å². The smallest absolute Gasteiger partial charge is 0.756 e. The van der Waals surface area contributed by atoms with Crippen LogP contribution < -0.4 is 9.79 Å². The van der Waals surface area contributed by atoms with Gasteiger partial charge in [0, 0.05) is 0 Å². The number of phosphoric ester groups is 2. The predicted molar refractivity (Wildman–Crippen MR) is 136 cm³/mol. The Kier molecular flexibility index (Phi) is 27.6. The van der Waals surface area contributed by atoms with E-state index >= 15 is 0 Å². The number of hydrogen-bond acceptors (Lipinski definition) is 8. The zero-order valence-electron chi connectivity index (χ0n) is 23.7. The number of phosphoric acid groups is 2. The van der Waals surface area contributed by atoms with Gasteiger partial charge in [-0.3, -0.25) is 9.13 Å². The summed E-state index contributed by atoms with van der Waals surface area (Å²) in [6, 6.07) is 0. The van der Waals surface area contributed by atoms with Gasteiger partial charge in [-0.2, -0.15) is 0 Å². The molecule has 4 atom stereocenters. The Morgan fingerprint density at radius 1 is 0.514 bits per heavy atom. The van der Waals surface area contributed by atoms with E-state index in [0.717, 1.165) is 77.0 Å². The largest absolute Gasteiger partial charge is 2.00 e. The molecule has 0 aliphatic rings. The maximum absolute atomic E-state index is 11.6. The first-order chi connectivity index (χ1) is 15.8. The van der Waals surface area contributed by atoms with Gasteiger partial charge in [0.1, 0.15) is 0 Å². The van der Waals surface area contributed by atoms with Gasteiger partial charge in [0.05, 0.1) is 24.4 Å². The summed E-state index contributed by atoms with van der Waals surface area (Å²) >= 11 is 0. The fourth-order valence-electron chi connectivity index (χ4n) is 3.11. The van der Waals surface area contributed by atoms with Crippen molar-refractivity contribution in [3.8, 4) is 0 Å². The van der Waals surface area contributed by atoms with Gasteiger partial charge < -0.3 is 27.9 Å².